The molecular formula is C15H17N3. The molecule has 0 fully saturated rings. The van der Waals surface area contributed by atoms with Gasteiger partial charge in [-0.3, -0.25) is 0 Å². The molecular weight excluding hydrogens is 222 g/mol. The van der Waals surface area contributed by atoms with E-state index in [0.29, 0.717) is 0 Å². The van der Waals surface area contributed by atoms with E-state index in [1.54, 1.807) is 0 Å². The van der Waals surface area contributed by atoms with E-state index in [9.17, 15) is 0 Å². The molecule has 0 spiro atoms. The first-order valence-corrected chi connectivity index (χ1v) is 6.49. The summed E-state index contributed by atoms with van der Waals surface area (Å²) < 4.78 is 0. The first kappa shape index (κ1) is 11.2. The Morgan fingerprint density at radius 1 is 1.06 bits per heavy atom. The van der Waals surface area contributed by atoms with Gasteiger partial charge >= 0.3 is 0 Å². The smallest absolute Gasteiger partial charge is 0.132 e. The Morgan fingerprint density at radius 3 is 2.67 bits per heavy atom. The van der Waals surface area contributed by atoms with E-state index < -0.39 is 0 Å². The maximum atomic E-state index is 5.68. The predicted octanol–water partition coefficient (Wildman–Crippen LogP) is 2.53. The number of hydrogen-bond donors (Lipinski definition) is 1. The van der Waals surface area contributed by atoms with Crippen LogP contribution in [0.4, 0.5) is 5.69 Å². The summed E-state index contributed by atoms with van der Waals surface area (Å²) in [6.45, 7) is 0. The number of aryl methyl sites for hydroxylation is 2. The molecule has 2 N–H and O–H groups in total. The molecule has 2 aromatic rings. The average molecular weight is 239 g/mol. The third kappa shape index (κ3) is 2.35. The summed E-state index contributed by atoms with van der Waals surface area (Å²) >= 11 is 0. The Labute approximate surface area is 107 Å². The molecule has 1 aromatic heterocycles. The minimum atomic E-state index is 0.785. The molecule has 0 unspecified atom stereocenters. The second-order valence-electron chi connectivity index (χ2n) is 4.88. The first-order chi connectivity index (χ1) is 8.81. The highest BCUT2D eigenvalue weighted by atomic mass is 14.9. The Hall–Kier alpha value is -1.90. The van der Waals surface area contributed by atoms with Crippen molar-refractivity contribution in [1.82, 2.24) is 9.97 Å². The number of nitrogens with two attached hydrogens (primary N) is 1. The zero-order valence-corrected chi connectivity index (χ0v) is 10.4. The molecule has 18 heavy (non-hydrogen) atoms. The van der Waals surface area contributed by atoms with Crippen molar-refractivity contribution in [2.24, 2.45) is 0 Å². The average Bonchev–Trinajstić information content (AvgIpc) is 2.41. The van der Waals surface area contributed by atoms with E-state index in [-0.39, 0.29) is 0 Å². The summed E-state index contributed by atoms with van der Waals surface area (Å²) in [5, 5.41) is 0. The summed E-state index contributed by atoms with van der Waals surface area (Å²) in [5.74, 6) is 0.917. The number of nitrogen functional groups attached to an aromatic ring is 1. The zero-order chi connectivity index (χ0) is 12.4. The summed E-state index contributed by atoms with van der Waals surface area (Å²) in [6.07, 6.45) is 7.56. The number of benzene rings is 1. The highest BCUT2D eigenvalue weighted by molar-refractivity contribution is 5.40. The fourth-order valence-corrected chi connectivity index (χ4v) is 2.42. The van der Waals surface area contributed by atoms with Gasteiger partial charge in [-0.15, -0.1) is 0 Å². The number of aromatic nitrogens is 2. The number of fused-ring (bicyclic) bond motifs is 1. The molecule has 0 saturated heterocycles. The van der Waals surface area contributed by atoms with Crippen LogP contribution in [0.25, 0.3) is 0 Å². The van der Waals surface area contributed by atoms with Crippen molar-refractivity contribution in [2.45, 2.75) is 32.1 Å². The quantitative estimate of drug-likeness (QED) is 0.819. The van der Waals surface area contributed by atoms with E-state index >= 15 is 0 Å². The van der Waals surface area contributed by atoms with Gasteiger partial charge in [0.2, 0.25) is 0 Å². The van der Waals surface area contributed by atoms with Crippen LogP contribution >= 0.6 is 0 Å². The van der Waals surface area contributed by atoms with Crippen LogP contribution < -0.4 is 5.73 Å². The van der Waals surface area contributed by atoms with Crippen LogP contribution in [0, 0.1) is 0 Å². The fourth-order valence-electron chi connectivity index (χ4n) is 2.42. The third-order valence-electron chi connectivity index (χ3n) is 3.46. The Balaban J connectivity index is 1.82. The van der Waals surface area contributed by atoms with E-state index in [0.717, 1.165) is 30.8 Å². The molecule has 1 aromatic carbocycles. The van der Waals surface area contributed by atoms with Gasteiger partial charge in [0, 0.05) is 24.0 Å². The molecule has 0 bridgehead atoms. The molecule has 92 valence electrons. The van der Waals surface area contributed by atoms with Crippen molar-refractivity contribution in [3.05, 3.63) is 53.1 Å². The van der Waals surface area contributed by atoms with Crippen molar-refractivity contribution < 1.29 is 0 Å². The normalized spacial score (nSPS) is 14.2. The van der Waals surface area contributed by atoms with Gasteiger partial charge in [0.15, 0.2) is 0 Å². The molecule has 0 radical (unpaired) electrons. The zero-order valence-electron chi connectivity index (χ0n) is 10.4. The summed E-state index contributed by atoms with van der Waals surface area (Å²) in [6, 6.07) is 7.93. The molecule has 3 nitrogen and oxygen atoms in total. The van der Waals surface area contributed by atoms with Gasteiger partial charge < -0.3 is 5.73 Å². The van der Waals surface area contributed by atoms with Crippen molar-refractivity contribution in [3.63, 3.8) is 0 Å². The number of rotatable bonds is 2. The molecule has 1 aliphatic rings. The van der Waals surface area contributed by atoms with Crippen molar-refractivity contribution in [3.8, 4) is 0 Å². The molecule has 0 amide bonds. The lowest BCUT2D eigenvalue weighted by atomic mass is 9.97. The molecule has 0 atom stereocenters. The Morgan fingerprint density at radius 2 is 1.83 bits per heavy atom. The Bertz CT molecular complexity index is 546. The fraction of sp³-hybridized carbons (Fsp3) is 0.333. The minimum absolute atomic E-state index is 0.785. The van der Waals surface area contributed by atoms with Crippen LogP contribution in [0.1, 0.15) is 35.5 Å². The van der Waals surface area contributed by atoms with Crippen LogP contribution in [0.3, 0.4) is 0 Å². The Kier molecular flexibility index (Phi) is 2.97. The van der Waals surface area contributed by atoms with Crippen molar-refractivity contribution >= 4 is 5.69 Å². The van der Waals surface area contributed by atoms with Crippen LogP contribution in [-0.4, -0.2) is 9.97 Å². The van der Waals surface area contributed by atoms with Gasteiger partial charge in [0.1, 0.15) is 5.82 Å². The topological polar surface area (TPSA) is 51.8 Å². The highest BCUT2D eigenvalue weighted by Gasteiger charge is 2.11. The van der Waals surface area contributed by atoms with Gasteiger partial charge in [0.25, 0.3) is 0 Å². The maximum absolute atomic E-state index is 5.68. The highest BCUT2D eigenvalue weighted by Crippen LogP contribution is 2.19. The number of nitrogens with zero attached hydrogens (tertiary/aromatic N) is 2. The van der Waals surface area contributed by atoms with Gasteiger partial charge in [-0.05, 0) is 48.9 Å². The molecule has 1 heterocycles. The van der Waals surface area contributed by atoms with Crippen LogP contribution in [-0.2, 0) is 19.3 Å². The standard InChI is InChI=1S/C15H17N3/c16-13-7-5-11(6-8-13)9-15-17-10-12-3-1-2-4-14(12)18-15/h5-8,10H,1-4,9,16H2. The number of anilines is 1. The van der Waals surface area contributed by atoms with Crippen molar-refractivity contribution in [2.75, 3.05) is 5.73 Å². The van der Waals surface area contributed by atoms with Gasteiger partial charge in [-0.2, -0.15) is 0 Å². The molecule has 1 aliphatic carbocycles. The lowest BCUT2D eigenvalue weighted by molar-refractivity contribution is 0.655. The lowest BCUT2D eigenvalue weighted by Gasteiger charge is -2.14. The maximum Gasteiger partial charge on any atom is 0.132 e. The first-order valence-electron chi connectivity index (χ1n) is 6.49. The molecule has 0 saturated carbocycles. The minimum Gasteiger partial charge on any atom is -0.399 e. The van der Waals surface area contributed by atoms with Gasteiger partial charge in [-0.1, -0.05) is 12.1 Å². The summed E-state index contributed by atoms with van der Waals surface area (Å²) in [4.78, 5) is 9.16. The largest absolute Gasteiger partial charge is 0.399 e. The predicted molar refractivity (Wildman–Crippen MR) is 72.3 cm³/mol. The second kappa shape index (κ2) is 4.77. The molecule has 3 rings (SSSR count). The summed E-state index contributed by atoms with van der Waals surface area (Å²) in [5.41, 5.74) is 10.3. The number of hydrogen-bond acceptors (Lipinski definition) is 3. The van der Waals surface area contributed by atoms with Gasteiger partial charge in [0.05, 0.1) is 0 Å². The molecule has 0 aliphatic heterocycles. The monoisotopic (exact) mass is 239 g/mol. The van der Waals surface area contributed by atoms with Gasteiger partial charge in [-0.25, -0.2) is 9.97 Å². The van der Waals surface area contributed by atoms with Crippen LogP contribution in [0.5, 0.6) is 0 Å². The van der Waals surface area contributed by atoms with Crippen LogP contribution in [0.2, 0.25) is 0 Å². The second-order valence-corrected chi connectivity index (χ2v) is 4.88. The third-order valence-corrected chi connectivity index (χ3v) is 3.46. The van der Waals surface area contributed by atoms with Crippen LogP contribution in [0.15, 0.2) is 30.5 Å². The lowest BCUT2D eigenvalue weighted by Crippen LogP contribution is -2.09. The van der Waals surface area contributed by atoms with E-state index in [1.807, 2.05) is 30.5 Å². The van der Waals surface area contributed by atoms with E-state index in [1.165, 1.54) is 29.7 Å². The van der Waals surface area contributed by atoms with Crippen molar-refractivity contribution in [1.29, 1.82) is 0 Å². The van der Waals surface area contributed by atoms with E-state index in [2.05, 4.69) is 9.97 Å². The SMILES string of the molecule is Nc1ccc(Cc2ncc3c(n2)CCCC3)cc1. The summed E-state index contributed by atoms with van der Waals surface area (Å²) in [7, 11) is 0. The van der Waals surface area contributed by atoms with E-state index in [4.69, 9.17) is 5.73 Å². The molecule has 3 heteroatoms.